The molecule has 27 heavy (non-hydrogen) atoms. The third-order valence-electron chi connectivity index (χ3n) is 4.43. The van der Waals surface area contributed by atoms with Gasteiger partial charge < -0.3 is 4.74 Å². The number of benzene rings is 1. The number of rotatable bonds is 4. The average Bonchev–Trinajstić information content (AvgIpc) is 3.03. The summed E-state index contributed by atoms with van der Waals surface area (Å²) in [6.07, 6.45) is 1.58. The number of nitrogens with zero attached hydrogens (tertiary/aromatic N) is 3. The summed E-state index contributed by atoms with van der Waals surface area (Å²) >= 11 is 0.775. The number of imidazole rings is 1. The number of aromatic nitrogens is 2. The number of hydrogen-bond donors (Lipinski definition) is 0. The number of fused-ring (bicyclic) bond motifs is 1. The van der Waals surface area contributed by atoms with Gasteiger partial charge in [-0.3, -0.25) is 23.6 Å². The predicted octanol–water partition coefficient (Wildman–Crippen LogP) is 1.86. The molecule has 1 aliphatic heterocycles. The van der Waals surface area contributed by atoms with Crippen LogP contribution in [0.15, 0.2) is 27.9 Å². The number of hydrogen-bond acceptors (Lipinski definition) is 6. The highest BCUT2D eigenvalue weighted by molar-refractivity contribution is 8.18. The van der Waals surface area contributed by atoms with Crippen LogP contribution in [0.2, 0.25) is 0 Å². The standard InChI is InChI=1S/C18H19N3O5S/c1-5-26-16(23)10(2)21-15(22)14(27-18(21)25)9-11-6-7-12-13(8-11)20(4)17(24)19(12)3/h6-10H,5H2,1-4H3/b14-9-/t10-/m0/s1. The number of amides is 2. The number of ether oxygens (including phenoxy) is 1. The van der Waals surface area contributed by atoms with Gasteiger partial charge in [0.25, 0.3) is 11.1 Å². The van der Waals surface area contributed by atoms with Crippen molar-refractivity contribution in [2.24, 2.45) is 14.1 Å². The first-order chi connectivity index (χ1) is 12.8. The zero-order valence-corrected chi connectivity index (χ0v) is 16.2. The molecule has 1 atom stereocenters. The lowest BCUT2D eigenvalue weighted by molar-refractivity contribution is -0.150. The molecular weight excluding hydrogens is 370 g/mol. The Bertz CT molecular complexity index is 1050. The topological polar surface area (TPSA) is 90.6 Å². The van der Waals surface area contributed by atoms with Crippen molar-refractivity contribution in [2.45, 2.75) is 19.9 Å². The molecule has 1 aromatic carbocycles. The van der Waals surface area contributed by atoms with Crippen LogP contribution in [0.3, 0.4) is 0 Å². The predicted molar refractivity (Wildman–Crippen MR) is 102 cm³/mol. The van der Waals surface area contributed by atoms with Gasteiger partial charge in [-0.25, -0.2) is 9.59 Å². The molecule has 0 saturated carbocycles. The van der Waals surface area contributed by atoms with E-state index in [0.717, 1.165) is 27.7 Å². The summed E-state index contributed by atoms with van der Waals surface area (Å²) in [6.45, 7) is 3.29. The lowest BCUT2D eigenvalue weighted by Crippen LogP contribution is -2.42. The molecular formula is C18H19N3O5S. The molecule has 1 fully saturated rings. The SMILES string of the molecule is CCOC(=O)[C@H](C)N1C(=O)S/C(=C\c2ccc3c(c2)n(C)c(=O)n3C)C1=O. The van der Waals surface area contributed by atoms with E-state index in [0.29, 0.717) is 5.56 Å². The maximum atomic E-state index is 12.6. The summed E-state index contributed by atoms with van der Waals surface area (Å²) in [7, 11) is 3.36. The Balaban J connectivity index is 1.94. The van der Waals surface area contributed by atoms with Gasteiger partial charge in [-0.15, -0.1) is 0 Å². The van der Waals surface area contributed by atoms with Gasteiger partial charge in [0.1, 0.15) is 6.04 Å². The van der Waals surface area contributed by atoms with E-state index in [1.165, 1.54) is 16.1 Å². The fourth-order valence-electron chi connectivity index (χ4n) is 2.95. The van der Waals surface area contributed by atoms with Crippen molar-refractivity contribution in [3.8, 4) is 0 Å². The van der Waals surface area contributed by atoms with Gasteiger partial charge >= 0.3 is 11.7 Å². The van der Waals surface area contributed by atoms with Crippen LogP contribution in [-0.4, -0.2) is 43.8 Å². The Morgan fingerprint density at radius 3 is 2.52 bits per heavy atom. The molecule has 0 aliphatic carbocycles. The molecule has 2 aromatic rings. The first-order valence-electron chi connectivity index (χ1n) is 8.35. The van der Waals surface area contributed by atoms with E-state index in [4.69, 9.17) is 4.74 Å². The first kappa shape index (κ1) is 19.0. The van der Waals surface area contributed by atoms with Gasteiger partial charge in [-0.05, 0) is 49.4 Å². The minimum absolute atomic E-state index is 0.147. The molecule has 1 aliphatic rings. The zero-order valence-electron chi connectivity index (χ0n) is 15.4. The molecule has 2 amide bonds. The Hall–Kier alpha value is -2.81. The Morgan fingerprint density at radius 1 is 1.19 bits per heavy atom. The molecule has 0 spiro atoms. The second kappa shape index (κ2) is 7.07. The molecule has 0 unspecified atom stereocenters. The van der Waals surface area contributed by atoms with E-state index in [-0.39, 0.29) is 17.2 Å². The fourth-order valence-corrected chi connectivity index (χ4v) is 3.86. The van der Waals surface area contributed by atoms with Crippen LogP contribution in [0.4, 0.5) is 4.79 Å². The van der Waals surface area contributed by atoms with Crippen LogP contribution in [-0.2, 0) is 28.4 Å². The summed E-state index contributed by atoms with van der Waals surface area (Å²) in [6, 6.07) is 4.35. The molecule has 9 heteroatoms. The van der Waals surface area contributed by atoms with Crippen LogP contribution in [0, 0.1) is 0 Å². The average molecular weight is 389 g/mol. The van der Waals surface area contributed by atoms with Crippen LogP contribution in [0.1, 0.15) is 19.4 Å². The van der Waals surface area contributed by atoms with E-state index >= 15 is 0 Å². The lowest BCUT2D eigenvalue weighted by atomic mass is 10.1. The number of carbonyl (C=O) groups is 3. The number of imide groups is 1. The van der Waals surface area contributed by atoms with Crippen molar-refractivity contribution in [2.75, 3.05) is 6.61 Å². The molecule has 142 valence electrons. The highest BCUT2D eigenvalue weighted by Crippen LogP contribution is 2.34. The molecule has 2 heterocycles. The molecule has 1 saturated heterocycles. The Morgan fingerprint density at radius 2 is 1.85 bits per heavy atom. The van der Waals surface area contributed by atoms with Gasteiger partial charge in [0.05, 0.1) is 22.5 Å². The van der Waals surface area contributed by atoms with Crippen LogP contribution < -0.4 is 5.69 Å². The van der Waals surface area contributed by atoms with Crippen molar-refractivity contribution in [1.29, 1.82) is 0 Å². The van der Waals surface area contributed by atoms with Crippen molar-refractivity contribution in [1.82, 2.24) is 14.0 Å². The molecule has 0 bridgehead atoms. The highest BCUT2D eigenvalue weighted by atomic mass is 32.2. The maximum absolute atomic E-state index is 12.6. The van der Waals surface area contributed by atoms with Crippen LogP contribution in [0.5, 0.6) is 0 Å². The largest absolute Gasteiger partial charge is 0.464 e. The fraction of sp³-hybridized carbons (Fsp3) is 0.333. The van der Waals surface area contributed by atoms with Gasteiger partial charge in [0.15, 0.2) is 0 Å². The van der Waals surface area contributed by atoms with Crippen molar-refractivity contribution >= 4 is 46.0 Å². The number of esters is 1. The molecule has 8 nitrogen and oxygen atoms in total. The summed E-state index contributed by atoms with van der Waals surface area (Å²) < 4.78 is 7.94. The van der Waals surface area contributed by atoms with E-state index in [1.807, 2.05) is 0 Å². The normalized spacial score (nSPS) is 17.2. The van der Waals surface area contributed by atoms with Crippen molar-refractivity contribution < 1.29 is 19.1 Å². The minimum atomic E-state index is -0.985. The number of carbonyl (C=O) groups excluding carboxylic acids is 3. The minimum Gasteiger partial charge on any atom is -0.464 e. The molecule has 1 aromatic heterocycles. The summed E-state index contributed by atoms with van der Waals surface area (Å²) in [5, 5.41) is -0.514. The quantitative estimate of drug-likeness (QED) is 0.586. The smallest absolute Gasteiger partial charge is 0.329 e. The first-order valence-corrected chi connectivity index (χ1v) is 9.17. The summed E-state index contributed by atoms with van der Waals surface area (Å²) in [5.41, 5.74) is 2.02. The molecule has 0 radical (unpaired) electrons. The van der Waals surface area contributed by atoms with E-state index in [9.17, 15) is 19.2 Å². The van der Waals surface area contributed by atoms with Gasteiger partial charge in [0, 0.05) is 14.1 Å². The van der Waals surface area contributed by atoms with Gasteiger partial charge in [0.2, 0.25) is 0 Å². The van der Waals surface area contributed by atoms with Gasteiger partial charge in [-0.2, -0.15) is 0 Å². The lowest BCUT2D eigenvalue weighted by Gasteiger charge is -2.19. The Kier molecular flexibility index (Phi) is 4.97. The van der Waals surface area contributed by atoms with E-state index < -0.39 is 23.2 Å². The monoisotopic (exact) mass is 389 g/mol. The second-order valence-electron chi connectivity index (χ2n) is 6.13. The third-order valence-corrected chi connectivity index (χ3v) is 5.32. The van der Waals surface area contributed by atoms with Crippen molar-refractivity contribution in [3.63, 3.8) is 0 Å². The van der Waals surface area contributed by atoms with Crippen molar-refractivity contribution in [3.05, 3.63) is 39.2 Å². The maximum Gasteiger partial charge on any atom is 0.329 e. The molecule has 3 rings (SSSR count). The number of thioether (sulfide) groups is 1. The van der Waals surface area contributed by atoms with E-state index in [1.54, 1.807) is 45.3 Å². The zero-order chi connectivity index (χ0) is 19.9. The highest BCUT2D eigenvalue weighted by Gasteiger charge is 2.41. The second-order valence-corrected chi connectivity index (χ2v) is 7.12. The number of aryl methyl sites for hydroxylation is 2. The molecule has 0 N–H and O–H groups in total. The van der Waals surface area contributed by atoms with Crippen LogP contribution >= 0.6 is 11.8 Å². The summed E-state index contributed by atoms with van der Waals surface area (Å²) in [4.78, 5) is 49.9. The van der Waals surface area contributed by atoms with Gasteiger partial charge in [-0.1, -0.05) is 6.07 Å². The Labute approximate surface area is 159 Å². The van der Waals surface area contributed by atoms with E-state index in [2.05, 4.69) is 0 Å². The third kappa shape index (κ3) is 3.18. The van der Waals surface area contributed by atoms with Crippen LogP contribution in [0.25, 0.3) is 17.1 Å². The summed E-state index contributed by atoms with van der Waals surface area (Å²) in [5.74, 6) is -1.16.